The topological polar surface area (TPSA) is 59.3 Å². The highest BCUT2D eigenvalue weighted by molar-refractivity contribution is 6.30. The molecular weight excluding hydrogens is 362 g/mol. The SMILES string of the molecule is Cc1ccc2c(C)c(CCC(=O)NC(C)c3ccc(Cl)cc3)c(=O)oc2c1. The maximum Gasteiger partial charge on any atom is 0.339 e. The van der Waals surface area contributed by atoms with Crippen LogP contribution in [0.4, 0.5) is 0 Å². The first-order valence-corrected chi connectivity index (χ1v) is 9.30. The summed E-state index contributed by atoms with van der Waals surface area (Å²) in [5, 5.41) is 4.52. The molecule has 2 aromatic carbocycles. The first-order chi connectivity index (χ1) is 12.8. The summed E-state index contributed by atoms with van der Waals surface area (Å²) in [6.07, 6.45) is 0.568. The van der Waals surface area contributed by atoms with Gasteiger partial charge in [-0.15, -0.1) is 0 Å². The molecule has 0 saturated heterocycles. The standard InChI is InChI=1S/C22H22ClNO3/c1-13-4-9-18-14(2)19(22(26)27-20(18)12-13)10-11-21(25)24-15(3)16-5-7-17(23)8-6-16/h4-9,12,15H,10-11H2,1-3H3,(H,24,25). The van der Waals surface area contributed by atoms with Gasteiger partial charge in [0, 0.05) is 22.4 Å². The lowest BCUT2D eigenvalue weighted by Crippen LogP contribution is -2.27. The molecule has 1 unspecified atom stereocenters. The molecule has 3 rings (SSSR count). The second kappa shape index (κ2) is 7.97. The lowest BCUT2D eigenvalue weighted by molar-refractivity contribution is -0.121. The molecule has 0 spiro atoms. The molecule has 0 bridgehead atoms. The molecule has 1 N–H and O–H groups in total. The van der Waals surface area contributed by atoms with Crippen LogP contribution in [0.5, 0.6) is 0 Å². The molecule has 5 heteroatoms. The Labute approximate surface area is 163 Å². The Balaban J connectivity index is 1.71. The maximum atomic E-state index is 12.3. The highest BCUT2D eigenvalue weighted by Gasteiger charge is 2.15. The molecule has 1 aromatic heterocycles. The summed E-state index contributed by atoms with van der Waals surface area (Å²) in [6, 6.07) is 13.0. The van der Waals surface area contributed by atoms with Gasteiger partial charge in [0.2, 0.25) is 5.91 Å². The van der Waals surface area contributed by atoms with E-state index in [4.69, 9.17) is 16.0 Å². The minimum Gasteiger partial charge on any atom is -0.423 e. The van der Waals surface area contributed by atoms with E-state index < -0.39 is 0 Å². The monoisotopic (exact) mass is 383 g/mol. The van der Waals surface area contributed by atoms with Crippen molar-refractivity contribution in [1.29, 1.82) is 0 Å². The van der Waals surface area contributed by atoms with Crippen molar-refractivity contribution in [2.75, 3.05) is 0 Å². The van der Waals surface area contributed by atoms with Crippen LogP contribution in [0.2, 0.25) is 5.02 Å². The molecule has 0 aliphatic heterocycles. The predicted molar refractivity (Wildman–Crippen MR) is 108 cm³/mol. The van der Waals surface area contributed by atoms with Crippen LogP contribution in [0, 0.1) is 13.8 Å². The van der Waals surface area contributed by atoms with Crippen LogP contribution >= 0.6 is 11.6 Å². The van der Waals surface area contributed by atoms with Crippen molar-refractivity contribution in [1.82, 2.24) is 5.32 Å². The average Bonchev–Trinajstić information content (AvgIpc) is 2.61. The second-order valence-electron chi connectivity index (χ2n) is 6.83. The number of hydrogen-bond donors (Lipinski definition) is 1. The summed E-state index contributed by atoms with van der Waals surface area (Å²) < 4.78 is 5.45. The van der Waals surface area contributed by atoms with Gasteiger partial charge in [0.1, 0.15) is 5.58 Å². The number of halogens is 1. The number of benzene rings is 2. The highest BCUT2D eigenvalue weighted by Crippen LogP contribution is 2.21. The fourth-order valence-corrected chi connectivity index (χ4v) is 3.30. The third-order valence-corrected chi connectivity index (χ3v) is 5.04. The van der Waals surface area contributed by atoms with Gasteiger partial charge in [-0.2, -0.15) is 0 Å². The normalized spacial score (nSPS) is 12.1. The fourth-order valence-electron chi connectivity index (χ4n) is 3.18. The fraction of sp³-hybridized carbons (Fsp3) is 0.273. The van der Waals surface area contributed by atoms with E-state index >= 15 is 0 Å². The van der Waals surface area contributed by atoms with Crippen molar-refractivity contribution in [3.05, 3.63) is 80.2 Å². The summed E-state index contributed by atoms with van der Waals surface area (Å²) in [5.41, 5.74) is 3.66. The molecule has 0 saturated carbocycles. The summed E-state index contributed by atoms with van der Waals surface area (Å²) >= 11 is 5.89. The molecule has 3 aromatic rings. The van der Waals surface area contributed by atoms with Gasteiger partial charge < -0.3 is 9.73 Å². The number of aryl methyl sites for hydroxylation is 2. The van der Waals surface area contributed by atoms with E-state index in [1.165, 1.54) is 0 Å². The molecular formula is C22H22ClNO3. The number of fused-ring (bicyclic) bond motifs is 1. The van der Waals surface area contributed by atoms with E-state index in [0.29, 0.717) is 22.6 Å². The van der Waals surface area contributed by atoms with Gasteiger partial charge in [-0.05, 0) is 62.1 Å². The summed E-state index contributed by atoms with van der Waals surface area (Å²) in [6.45, 7) is 5.77. The minimum absolute atomic E-state index is 0.111. The molecule has 1 heterocycles. The smallest absolute Gasteiger partial charge is 0.339 e. The third kappa shape index (κ3) is 4.40. The van der Waals surface area contributed by atoms with E-state index in [2.05, 4.69) is 5.32 Å². The number of nitrogens with one attached hydrogen (secondary N) is 1. The number of hydrogen-bond acceptors (Lipinski definition) is 3. The number of carbonyl (C=O) groups is 1. The van der Waals surface area contributed by atoms with Crippen LogP contribution in [-0.2, 0) is 11.2 Å². The van der Waals surface area contributed by atoms with E-state index in [1.54, 1.807) is 12.1 Å². The molecule has 1 amide bonds. The van der Waals surface area contributed by atoms with Crippen molar-refractivity contribution >= 4 is 28.5 Å². The summed E-state index contributed by atoms with van der Waals surface area (Å²) in [5.74, 6) is -0.111. The Morgan fingerprint density at radius 2 is 1.85 bits per heavy atom. The number of carbonyl (C=O) groups excluding carboxylic acids is 1. The Bertz CT molecular complexity index is 1040. The van der Waals surface area contributed by atoms with E-state index in [-0.39, 0.29) is 24.0 Å². The van der Waals surface area contributed by atoms with Gasteiger partial charge in [0.05, 0.1) is 6.04 Å². The third-order valence-electron chi connectivity index (χ3n) is 4.79. The lowest BCUT2D eigenvalue weighted by Gasteiger charge is -2.15. The van der Waals surface area contributed by atoms with Gasteiger partial charge in [-0.1, -0.05) is 35.9 Å². The Kier molecular flexibility index (Phi) is 5.66. The van der Waals surface area contributed by atoms with E-state index in [0.717, 1.165) is 22.1 Å². The molecule has 0 fully saturated rings. The molecule has 0 aliphatic carbocycles. The van der Waals surface area contributed by atoms with Crippen molar-refractivity contribution in [3.63, 3.8) is 0 Å². The Hall–Kier alpha value is -2.59. The lowest BCUT2D eigenvalue weighted by atomic mass is 10.0. The van der Waals surface area contributed by atoms with Gasteiger partial charge in [0.25, 0.3) is 0 Å². The van der Waals surface area contributed by atoms with Crippen molar-refractivity contribution < 1.29 is 9.21 Å². The number of amides is 1. The predicted octanol–water partition coefficient (Wildman–Crippen LogP) is 4.87. The molecule has 4 nitrogen and oxygen atoms in total. The largest absolute Gasteiger partial charge is 0.423 e. The zero-order valence-electron chi connectivity index (χ0n) is 15.6. The van der Waals surface area contributed by atoms with Crippen LogP contribution < -0.4 is 10.9 Å². The van der Waals surface area contributed by atoms with Crippen molar-refractivity contribution in [2.45, 2.75) is 39.7 Å². The van der Waals surface area contributed by atoms with Crippen molar-refractivity contribution in [2.24, 2.45) is 0 Å². The van der Waals surface area contributed by atoms with Crippen LogP contribution in [-0.4, -0.2) is 5.91 Å². The van der Waals surface area contributed by atoms with Crippen LogP contribution in [0.3, 0.4) is 0 Å². The second-order valence-corrected chi connectivity index (χ2v) is 7.27. The van der Waals surface area contributed by atoms with E-state index in [1.807, 2.05) is 51.1 Å². The molecule has 0 radical (unpaired) electrons. The highest BCUT2D eigenvalue weighted by atomic mass is 35.5. The first-order valence-electron chi connectivity index (χ1n) is 8.93. The minimum atomic E-state index is -0.371. The van der Waals surface area contributed by atoms with E-state index in [9.17, 15) is 9.59 Å². The van der Waals surface area contributed by atoms with Crippen molar-refractivity contribution in [3.8, 4) is 0 Å². The van der Waals surface area contributed by atoms with Gasteiger partial charge in [-0.3, -0.25) is 4.79 Å². The Morgan fingerprint density at radius 3 is 2.56 bits per heavy atom. The Morgan fingerprint density at radius 1 is 1.15 bits per heavy atom. The summed E-state index contributed by atoms with van der Waals surface area (Å²) in [7, 11) is 0. The number of rotatable bonds is 5. The summed E-state index contributed by atoms with van der Waals surface area (Å²) in [4.78, 5) is 24.7. The molecule has 1 atom stereocenters. The van der Waals surface area contributed by atoms with Gasteiger partial charge in [0.15, 0.2) is 0 Å². The van der Waals surface area contributed by atoms with Crippen LogP contribution in [0.1, 0.15) is 41.6 Å². The van der Waals surface area contributed by atoms with Crippen LogP contribution in [0.15, 0.2) is 51.7 Å². The quantitative estimate of drug-likeness (QED) is 0.639. The molecule has 0 aliphatic rings. The van der Waals surface area contributed by atoms with Crippen LogP contribution in [0.25, 0.3) is 11.0 Å². The first kappa shape index (κ1) is 19.2. The van der Waals surface area contributed by atoms with Gasteiger partial charge in [-0.25, -0.2) is 4.79 Å². The molecule has 27 heavy (non-hydrogen) atoms. The zero-order valence-corrected chi connectivity index (χ0v) is 16.4. The zero-order chi connectivity index (χ0) is 19.6. The van der Waals surface area contributed by atoms with Gasteiger partial charge >= 0.3 is 5.63 Å². The average molecular weight is 384 g/mol. The molecule has 140 valence electrons. The maximum absolute atomic E-state index is 12.3.